The van der Waals surface area contributed by atoms with E-state index in [-0.39, 0.29) is 5.41 Å². The molecule has 1 radical (unpaired) electrons. The Morgan fingerprint density at radius 2 is 1.53 bits per heavy atom. The normalized spacial score (nSPS) is 22.5. The van der Waals surface area contributed by atoms with Crippen LogP contribution in [0.3, 0.4) is 0 Å². The molecule has 2 aliphatic rings. The summed E-state index contributed by atoms with van der Waals surface area (Å²) in [6, 6.07) is 8.41. The molecule has 0 saturated heterocycles. The van der Waals surface area contributed by atoms with Crippen LogP contribution in [0.2, 0.25) is 0 Å². The van der Waals surface area contributed by atoms with Crippen LogP contribution in [0.5, 0.6) is 0 Å². The van der Waals surface area contributed by atoms with Gasteiger partial charge in [-0.05, 0) is 18.9 Å². The molecule has 101 valence electrons. The molecule has 0 aromatic heterocycles. The lowest BCUT2D eigenvalue weighted by Gasteiger charge is -2.29. The van der Waals surface area contributed by atoms with Crippen molar-refractivity contribution in [3.05, 3.63) is 29.8 Å². The molecule has 0 unspecified atom stereocenters. The van der Waals surface area contributed by atoms with E-state index in [4.69, 9.17) is 0 Å². The minimum absolute atomic E-state index is 0.223. The van der Waals surface area contributed by atoms with E-state index in [9.17, 15) is 0 Å². The predicted octanol–water partition coefficient (Wildman–Crippen LogP) is 4.78. The molecule has 1 fully saturated rings. The first kappa shape index (κ1) is 12.7. The molecule has 19 heavy (non-hydrogen) atoms. The molecule has 1 aliphatic heterocycles. The lowest BCUT2D eigenvalue weighted by molar-refractivity contribution is 0.375. The highest BCUT2D eigenvalue weighted by Crippen LogP contribution is 2.40. The van der Waals surface area contributed by atoms with Crippen LogP contribution in [0.15, 0.2) is 29.4 Å². The minimum Gasteiger partial charge on any atom is -0.154 e. The maximum Gasteiger partial charge on any atom is 0.0948 e. The Kier molecular flexibility index (Phi) is 3.58. The summed E-state index contributed by atoms with van der Waals surface area (Å²) < 4.78 is 0. The molecular formula is C17H23N2. The third-order valence-electron chi connectivity index (χ3n) is 4.70. The van der Waals surface area contributed by atoms with E-state index < -0.39 is 0 Å². The van der Waals surface area contributed by atoms with E-state index in [1.54, 1.807) is 0 Å². The molecule has 3 rings (SSSR count). The number of benzene rings is 1. The zero-order valence-corrected chi connectivity index (χ0v) is 11.9. The highest BCUT2D eigenvalue weighted by atomic mass is 15.3. The fraction of sp³-hybridized carbons (Fsp3) is 0.588. The van der Waals surface area contributed by atoms with Gasteiger partial charge in [-0.1, -0.05) is 63.6 Å². The summed E-state index contributed by atoms with van der Waals surface area (Å²) in [5.74, 6) is 0. The second-order valence-corrected chi connectivity index (χ2v) is 6.25. The van der Waals surface area contributed by atoms with Gasteiger partial charge in [0.15, 0.2) is 0 Å². The first-order valence-corrected chi connectivity index (χ1v) is 7.68. The Balaban J connectivity index is 1.87. The molecule has 1 heterocycles. The molecule has 0 N–H and O–H groups in total. The largest absolute Gasteiger partial charge is 0.154 e. The standard InChI is InChI=1S/C17H23N2/c1-17(12-8-4-2-3-5-9-13-17)16-14-10-6-7-11-15(14)18-19-16/h6-7,10-11H,2-5,8-9,12-13H2,1H3. The van der Waals surface area contributed by atoms with Gasteiger partial charge in [-0.3, -0.25) is 0 Å². The first-order chi connectivity index (χ1) is 9.30. The maximum atomic E-state index is 4.54. The highest BCUT2D eigenvalue weighted by Gasteiger charge is 2.35. The zero-order chi connectivity index (χ0) is 13.1. The molecule has 0 atom stereocenters. The average Bonchev–Trinajstić information content (AvgIpc) is 2.88. The Morgan fingerprint density at radius 3 is 2.26 bits per heavy atom. The smallest absolute Gasteiger partial charge is 0.0948 e. The maximum absolute atomic E-state index is 4.54. The predicted molar refractivity (Wildman–Crippen MR) is 79.8 cm³/mol. The Morgan fingerprint density at radius 1 is 0.895 bits per heavy atom. The van der Waals surface area contributed by atoms with Gasteiger partial charge in [0.1, 0.15) is 0 Å². The molecule has 1 aromatic rings. The van der Waals surface area contributed by atoms with E-state index in [1.807, 2.05) is 6.07 Å². The van der Waals surface area contributed by atoms with Crippen LogP contribution in [0.4, 0.5) is 5.69 Å². The van der Waals surface area contributed by atoms with Gasteiger partial charge >= 0.3 is 0 Å². The molecule has 0 spiro atoms. The Hall–Kier alpha value is -1.31. The topological polar surface area (TPSA) is 26.5 Å². The molecule has 2 heteroatoms. The number of fused-ring (bicyclic) bond motifs is 1. The average molecular weight is 255 g/mol. The monoisotopic (exact) mass is 255 g/mol. The summed E-state index contributed by atoms with van der Waals surface area (Å²) in [5, 5.41) is 4.54. The van der Waals surface area contributed by atoms with Crippen LogP contribution in [0.1, 0.15) is 63.9 Å². The third-order valence-corrected chi connectivity index (χ3v) is 4.70. The van der Waals surface area contributed by atoms with Crippen LogP contribution in [0, 0.1) is 5.41 Å². The van der Waals surface area contributed by atoms with Crippen molar-refractivity contribution in [2.24, 2.45) is 10.5 Å². The number of rotatable bonds is 1. The number of nitrogens with zero attached hydrogens (tertiary/aromatic N) is 2. The summed E-state index contributed by atoms with van der Waals surface area (Å²) in [5.41, 5.74) is 8.15. The van der Waals surface area contributed by atoms with Crippen LogP contribution in [0.25, 0.3) is 0 Å². The van der Waals surface area contributed by atoms with E-state index >= 15 is 0 Å². The molecule has 1 aliphatic carbocycles. The highest BCUT2D eigenvalue weighted by molar-refractivity contribution is 6.09. The Labute approximate surface area is 116 Å². The molecular weight excluding hydrogens is 232 g/mol. The van der Waals surface area contributed by atoms with Gasteiger partial charge in [-0.2, -0.15) is 10.5 Å². The van der Waals surface area contributed by atoms with Crippen molar-refractivity contribution in [1.82, 2.24) is 5.43 Å². The number of hydrogen-bond donors (Lipinski definition) is 0. The molecule has 2 nitrogen and oxygen atoms in total. The van der Waals surface area contributed by atoms with Crippen LogP contribution in [-0.2, 0) is 0 Å². The van der Waals surface area contributed by atoms with Crippen molar-refractivity contribution < 1.29 is 0 Å². The van der Waals surface area contributed by atoms with Gasteiger partial charge in [0, 0.05) is 11.0 Å². The van der Waals surface area contributed by atoms with Crippen molar-refractivity contribution in [2.45, 2.75) is 58.3 Å². The van der Waals surface area contributed by atoms with Crippen molar-refractivity contribution in [1.29, 1.82) is 0 Å². The van der Waals surface area contributed by atoms with E-state index in [0.717, 1.165) is 5.69 Å². The minimum atomic E-state index is 0.223. The van der Waals surface area contributed by atoms with E-state index in [2.05, 4.69) is 35.7 Å². The van der Waals surface area contributed by atoms with Gasteiger partial charge in [0.2, 0.25) is 0 Å². The van der Waals surface area contributed by atoms with Gasteiger partial charge in [-0.25, -0.2) is 0 Å². The lowest BCUT2D eigenvalue weighted by atomic mass is 9.74. The molecule has 1 saturated carbocycles. The van der Waals surface area contributed by atoms with Crippen molar-refractivity contribution in [3.63, 3.8) is 0 Å². The van der Waals surface area contributed by atoms with Crippen molar-refractivity contribution in [2.75, 3.05) is 0 Å². The van der Waals surface area contributed by atoms with Crippen molar-refractivity contribution >= 4 is 11.4 Å². The second-order valence-electron chi connectivity index (χ2n) is 6.25. The van der Waals surface area contributed by atoms with Gasteiger partial charge in [0.05, 0.1) is 11.4 Å². The summed E-state index contributed by atoms with van der Waals surface area (Å²) in [4.78, 5) is 0. The summed E-state index contributed by atoms with van der Waals surface area (Å²) in [7, 11) is 0. The first-order valence-electron chi connectivity index (χ1n) is 7.68. The van der Waals surface area contributed by atoms with E-state index in [0.29, 0.717) is 0 Å². The molecule has 0 amide bonds. The van der Waals surface area contributed by atoms with Crippen LogP contribution in [-0.4, -0.2) is 5.71 Å². The number of hydrogen-bond acceptors (Lipinski definition) is 1. The Bertz CT molecular complexity index is 466. The fourth-order valence-electron chi connectivity index (χ4n) is 3.46. The quantitative estimate of drug-likeness (QED) is 0.690. The summed E-state index contributed by atoms with van der Waals surface area (Å²) in [6.45, 7) is 2.40. The fourth-order valence-corrected chi connectivity index (χ4v) is 3.46. The van der Waals surface area contributed by atoms with Crippen molar-refractivity contribution in [3.8, 4) is 0 Å². The van der Waals surface area contributed by atoms with Crippen LogP contribution >= 0.6 is 0 Å². The summed E-state index contributed by atoms with van der Waals surface area (Å²) >= 11 is 0. The zero-order valence-electron chi connectivity index (χ0n) is 11.9. The third kappa shape index (κ3) is 2.54. The molecule has 1 aromatic carbocycles. The van der Waals surface area contributed by atoms with Gasteiger partial charge in [-0.15, -0.1) is 0 Å². The second kappa shape index (κ2) is 5.36. The van der Waals surface area contributed by atoms with Gasteiger partial charge in [0.25, 0.3) is 0 Å². The molecule has 0 bridgehead atoms. The summed E-state index contributed by atoms with van der Waals surface area (Å²) in [6.07, 6.45) is 10.7. The SMILES string of the molecule is CC1(C2=N[N]c3ccccc32)CCCCCCCC1. The van der Waals surface area contributed by atoms with Crippen LogP contribution < -0.4 is 5.43 Å². The van der Waals surface area contributed by atoms with E-state index in [1.165, 1.54) is 62.6 Å². The van der Waals surface area contributed by atoms with Gasteiger partial charge < -0.3 is 0 Å². The lowest BCUT2D eigenvalue weighted by Crippen LogP contribution is -2.27.